The van der Waals surface area contributed by atoms with Gasteiger partial charge in [-0.25, -0.2) is 0 Å². The van der Waals surface area contributed by atoms with Crippen LogP contribution in [0.5, 0.6) is 0 Å². The van der Waals surface area contributed by atoms with E-state index in [1.54, 1.807) is 0 Å². The summed E-state index contributed by atoms with van der Waals surface area (Å²) < 4.78 is 21.9. The highest BCUT2D eigenvalue weighted by Gasteiger charge is 2.44. The molecule has 1 heterocycles. The van der Waals surface area contributed by atoms with Gasteiger partial charge in [-0.3, -0.25) is 9.59 Å². The largest absolute Gasteiger partial charge is 0.462 e. The summed E-state index contributed by atoms with van der Waals surface area (Å²) in [5.74, 6) is -0.833. The van der Waals surface area contributed by atoms with Crippen molar-refractivity contribution in [3.8, 4) is 0 Å². The summed E-state index contributed by atoms with van der Waals surface area (Å²) in [5.41, 5.74) is 0. The lowest BCUT2D eigenvalue weighted by atomic mass is 9.99. The van der Waals surface area contributed by atoms with Crippen LogP contribution in [0.25, 0.3) is 0 Å². The van der Waals surface area contributed by atoms with Gasteiger partial charge in [-0.1, -0.05) is 102 Å². The maximum atomic E-state index is 12.6. The van der Waals surface area contributed by atoms with Crippen LogP contribution in [-0.4, -0.2) is 89.0 Å². The van der Waals surface area contributed by atoms with E-state index < -0.39 is 49.4 Å². The van der Waals surface area contributed by atoms with Gasteiger partial charge < -0.3 is 39.4 Å². The van der Waals surface area contributed by atoms with Crippen molar-refractivity contribution < 1.29 is 49.0 Å². The lowest BCUT2D eigenvalue weighted by molar-refractivity contribution is -0.305. The zero-order valence-corrected chi connectivity index (χ0v) is 27.9. The first kappa shape index (κ1) is 41.2. The summed E-state index contributed by atoms with van der Waals surface area (Å²) in [5, 5.41) is 39.7. The highest BCUT2D eigenvalue weighted by molar-refractivity contribution is 5.70. The number of carbonyl (C=O) groups excluding carboxylic acids is 2. The van der Waals surface area contributed by atoms with E-state index in [1.165, 1.54) is 25.7 Å². The summed E-state index contributed by atoms with van der Waals surface area (Å²) in [7, 11) is 0. The highest BCUT2D eigenvalue weighted by Crippen LogP contribution is 2.22. The topological polar surface area (TPSA) is 152 Å². The molecule has 1 rings (SSSR count). The average Bonchev–Trinajstić information content (AvgIpc) is 3.03. The number of aliphatic hydroxyl groups is 4. The van der Waals surface area contributed by atoms with Gasteiger partial charge in [0.1, 0.15) is 31.0 Å². The Balaban J connectivity index is 2.45. The Hall–Kier alpha value is -1.82. The molecular weight excluding hydrogens is 580 g/mol. The molecule has 10 heteroatoms. The maximum Gasteiger partial charge on any atom is 0.306 e. The van der Waals surface area contributed by atoms with Crippen molar-refractivity contribution >= 4 is 11.9 Å². The van der Waals surface area contributed by atoms with E-state index in [4.69, 9.17) is 18.9 Å². The van der Waals surface area contributed by atoms with Gasteiger partial charge in [0.2, 0.25) is 0 Å². The first-order valence-electron chi connectivity index (χ1n) is 17.4. The predicted octanol–water partition coefficient (Wildman–Crippen LogP) is 5.43. The Labute approximate surface area is 271 Å². The summed E-state index contributed by atoms with van der Waals surface area (Å²) in [6.07, 6.45) is 17.9. The molecule has 45 heavy (non-hydrogen) atoms. The van der Waals surface area contributed by atoms with Gasteiger partial charge in [0, 0.05) is 12.8 Å². The van der Waals surface area contributed by atoms with Gasteiger partial charge >= 0.3 is 11.9 Å². The second-order valence-corrected chi connectivity index (χ2v) is 12.0. The number of hydrogen-bond donors (Lipinski definition) is 4. The maximum absolute atomic E-state index is 12.6. The molecule has 0 spiro atoms. The number of esters is 2. The zero-order chi connectivity index (χ0) is 33.1. The van der Waals surface area contributed by atoms with Crippen LogP contribution < -0.4 is 0 Å². The molecule has 0 aromatic rings. The Morgan fingerprint density at radius 2 is 1.29 bits per heavy atom. The number of carbonyl (C=O) groups is 2. The molecule has 262 valence electrons. The fraction of sp³-hybridized carbons (Fsp3) is 0.829. The SMILES string of the molecule is CCC/C=C\C/C=C\CCCCCCCC(=O)OC(COC(=O)CCCCCCCCC)COC1OC(CO)C(O)C(O)C1O. The predicted molar refractivity (Wildman–Crippen MR) is 173 cm³/mol. The van der Waals surface area contributed by atoms with Crippen LogP contribution in [0, 0.1) is 0 Å². The molecule has 10 nitrogen and oxygen atoms in total. The van der Waals surface area contributed by atoms with Gasteiger partial charge in [-0.05, 0) is 38.5 Å². The molecule has 0 aromatic carbocycles. The minimum Gasteiger partial charge on any atom is -0.462 e. The molecule has 0 radical (unpaired) electrons. The molecule has 1 aliphatic rings. The third-order valence-electron chi connectivity index (χ3n) is 7.82. The first-order chi connectivity index (χ1) is 21.8. The summed E-state index contributed by atoms with van der Waals surface area (Å²) in [6, 6.07) is 0. The van der Waals surface area contributed by atoms with Crippen LogP contribution in [0.4, 0.5) is 0 Å². The number of aliphatic hydroxyl groups excluding tert-OH is 4. The van der Waals surface area contributed by atoms with Crippen LogP contribution in [0.3, 0.4) is 0 Å². The fourth-order valence-electron chi connectivity index (χ4n) is 4.99. The van der Waals surface area contributed by atoms with Gasteiger partial charge in [-0.15, -0.1) is 0 Å². The Kier molecular flexibility index (Phi) is 25.0. The molecule has 4 N–H and O–H groups in total. The van der Waals surface area contributed by atoms with E-state index in [1.807, 2.05) is 0 Å². The van der Waals surface area contributed by atoms with Crippen molar-refractivity contribution in [2.75, 3.05) is 19.8 Å². The molecule has 0 saturated carbocycles. The molecule has 1 aliphatic heterocycles. The molecule has 6 atom stereocenters. The van der Waals surface area contributed by atoms with E-state index in [0.717, 1.165) is 70.6 Å². The van der Waals surface area contributed by atoms with E-state index in [9.17, 15) is 30.0 Å². The van der Waals surface area contributed by atoms with E-state index in [2.05, 4.69) is 38.2 Å². The highest BCUT2D eigenvalue weighted by atomic mass is 16.7. The minimum absolute atomic E-state index is 0.215. The lowest BCUT2D eigenvalue weighted by Crippen LogP contribution is -2.59. The summed E-state index contributed by atoms with van der Waals surface area (Å²) in [6.45, 7) is 3.25. The number of hydrogen-bond acceptors (Lipinski definition) is 10. The van der Waals surface area contributed by atoms with Crippen molar-refractivity contribution in [3.05, 3.63) is 24.3 Å². The van der Waals surface area contributed by atoms with Gasteiger partial charge in [-0.2, -0.15) is 0 Å². The normalized spacial score (nSPS) is 22.7. The van der Waals surface area contributed by atoms with Gasteiger partial charge in [0.25, 0.3) is 0 Å². The molecular formula is C35H62O10. The van der Waals surface area contributed by atoms with E-state index in [-0.39, 0.29) is 32.0 Å². The van der Waals surface area contributed by atoms with Crippen LogP contribution >= 0.6 is 0 Å². The monoisotopic (exact) mass is 642 g/mol. The quantitative estimate of drug-likeness (QED) is 0.0518. The summed E-state index contributed by atoms with van der Waals surface area (Å²) in [4.78, 5) is 24.9. The first-order valence-corrected chi connectivity index (χ1v) is 17.4. The molecule has 1 fully saturated rings. The van der Waals surface area contributed by atoms with Crippen LogP contribution in [0.2, 0.25) is 0 Å². The zero-order valence-electron chi connectivity index (χ0n) is 27.9. The molecule has 6 unspecified atom stereocenters. The van der Waals surface area contributed by atoms with E-state index in [0.29, 0.717) is 6.42 Å². The second-order valence-electron chi connectivity index (χ2n) is 12.0. The third kappa shape index (κ3) is 20.1. The third-order valence-corrected chi connectivity index (χ3v) is 7.82. The van der Waals surface area contributed by atoms with Crippen molar-refractivity contribution in [3.63, 3.8) is 0 Å². The lowest BCUT2D eigenvalue weighted by Gasteiger charge is -2.39. The second kappa shape index (κ2) is 27.3. The standard InChI is InChI=1S/C35H62O10/c1-3-5-7-9-11-12-13-14-15-16-18-20-22-24-31(38)44-28(26-42-30(37)23-21-19-17-10-8-6-4-2)27-43-35-34(41)33(40)32(39)29(25-36)45-35/h7,9,12-13,28-29,32-36,39-41H,3-6,8,10-11,14-27H2,1-2H3/b9-7-,13-12-. The fourth-order valence-corrected chi connectivity index (χ4v) is 4.99. The number of unbranched alkanes of at least 4 members (excludes halogenated alkanes) is 12. The summed E-state index contributed by atoms with van der Waals surface area (Å²) >= 11 is 0. The Bertz CT molecular complexity index is 799. The van der Waals surface area contributed by atoms with Crippen LogP contribution in [0.15, 0.2) is 24.3 Å². The van der Waals surface area contributed by atoms with Crippen LogP contribution in [-0.2, 0) is 28.5 Å². The van der Waals surface area contributed by atoms with Gasteiger partial charge in [0.05, 0.1) is 13.2 Å². The molecule has 0 bridgehead atoms. The number of rotatable bonds is 27. The number of allylic oxidation sites excluding steroid dienone is 4. The van der Waals surface area contributed by atoms with Crippen molar-refractivity contribution in [2.45, 2.75) is 166 Å². The Morgan fingerprint density at radius 1 is 0.689 bits per heavy atom. The van der Waals surface area contributed by atoms with Crippen molar-refractivity contribution in [1.82, 2.24) is 0 Å². The molecule has 0 aliphatic carbocycles. The van der Waals surface area contributed by atoms with Crippen LogP contribution in [0.1, 0.15) is 129 Å². The van der Waals surface area contributed by atoms with Crippen molar-refractivity contribution in [2.24, 2.45) is 0 Å². The Morgan fingerprint density at radius 3 is 1.93 bits per heavy atom. The molecule has 0 aromatic heterocycles. The van der Waals surface area contributed by atoms with E-state index >= 15 is 0 Å². The smallest absolute Gasteiger partial charge is 0.306 e. The van der Waals surface area contributed by atoms with Gasteiger partial charge in [0.15, 0.2) is 12.4 Å². The average molecular weight is 643 g/mol. The minimum atomic E-state index is -1.59. The van der Waals surface area contributed by atoms with Crippen molar-refractivity contribution in [1.29, 1.82) is 0 Å². The molecule has 0 amide bonds. The number of ether oxygens (including phenoxy) is 4. The molecule has 1 saturated heterocycles.